The second-order valence-electron chi connectivity index (χ2n) is 5.49. The number of rotatable bonds is 1. The number of nitrogens with one attached hydrogen (secondary N) is 2. The van der Waals surface area contributed by atoms with Gasteiger partial charge in [-0.25, -0.2) is 0 Å². The first kappa shape index (κ1) is 11.9. The molecule has 1 atom stereocenters. The molecule has 2 aliphatic rings. The van der Waals surface area contributed by atoms with E-state index in [1.165, 1.54) is 0 Å². The number of hydrogen-bond donors (Lipinski definition) is 2. The smallest absolute Gasteiger partial charge is 0.237 e. The third kappa shape index (κ3) is 2.38. The summed E-state index contributed by atoms with van der Waals surface area (Å²) in [5, 5.41) is 6.43. The van der Waals surface area contributed by atoms with Crippen molar-refractivity contribution in [2.45, 2.75) is 44.7 Å². The predicted octanol–water partition coefficient (Wildman–Crippen LogP) is 0.339. The van der Waals surface area contributed by atoms with Crippen LogP contribution in [0.15, 0.2) is 0 Å². The molecule has 0 aromatic carbocycles. The molecule has 0 aliphatic carbocycles. The molecule has 2 fully saturated rings. The molecular weight excluding hydrogens is 202 g/mol. The molecule has 0 aromatic heterocycles. The van der Waals surface area contributed by atoms with Crippen LogP contribution < -0.4 is 10.6 Å². The quantitative estimate of drug-likeness (QED) is 0.676. The van der Waals surface area contributed by atoms with E-state index in [0.717, 1.165) is 45.4 Å². The lowest BCUT2D eigenvalue weighted by atomic mass is 9.95. The standard InChI is InChI=1S/C12H23N3O/c1-12(2)9-13-7-8-15(12)10-5-3-4-6-14-11(10)16/h10,13H,3-9H2,1-2H3,(H,14,16). The fourth-order valence-electron chi connectivity index (χ4n) is 2.80. The van der Waals surface area contributed by atoms with Gasteiger partial charge >= 0.3 is 0 Å². The van der Waals surface area contributed by atoms with E-state index in [1.54, 1.807) is 0 Å². The van der Waals surface area contributed by atoms with Gasteiger partial charge in [-0.05, 0) is 33.1 Å². The van der Waals surface area contributed by atoms with Crippen LogP contribution in [0, 0.1) is 0 Å². The minimum Gasteiger partial charge on any atom is -0.355 e. The second kappa shape index (κ2) is 4.72. The van der Waals surface area contributed by atoms with Gasteiger partial charge in [-0.3, -0.25) is 9.69 Å². The largest absolute Gasteiger partial charge is 0.355 e. The van der Waals surface area contributed by atoms with E-state index < -0.39 is 0 Å². The molecule has 2 rings (SSSR count). The third-order valence-corrected chi connectivity index (χ3v) is 3.75. The first-order valence-electron chi connectivity index (χ1n) is 6.36. The van der Waals surface area contributed by atoms with Crippen molar-refractivity contribution < 1.29 is 4.79 Å². The predicted molar refractivity (Wildman–Crippen MR) is 64.3 cm³/mol. The van der Waals surface area contributed by atoms with E-state index in [2.05, 4.69) is 29.4 Å². The topological polar surface area (TPSA) is 44.4 Å². The van der Waals surface area contributed by atoms with Gasteiger partial charge in [0.15, 0.2) is 0 Å². The molecule has 0 saturated carbocycles. The molecule has 92 valence electrons. The van der Waals surface area contributed by atoms with Crippen molar-refractivity contribution in [2.75, 3.05) is 26.2 Å². The lowest BCUT2D eigenvalue weighted by Gasteiger charge is -2.46. The zero-order valence-electron chi connectivity index (χ0n) is 10.4. The summed E-state index contributed by atoms with van der Waals surface area (Å²) in [5.74, 6) is 0.229. The molecule has 0 radical (unpaired) electrons. The van der Waals surface area contributed by atoms with Crippen LogP contribution in [0.2, 0.25) is 0 Å². The monoisotopic (exact) mass is 225 g/mol. The molecule has 16 heavy (non-hydrogen) atoms. The zero-order valence-corrected chi connectivity index (χ0v) is 10.4. The van der Waals surface area contributed by atoms with Gasteiger partial charge in [-0.1, -0.05) is 0 Å². The van der Waals surface area contributed by atoms with E-state index >= 15 is 0 Å². The normalized spacial score (nSPS) is 31.9. The Morgan fingerprint density at radius 1 is 1.31 bits per heavy atom. The van der Waals surface area contributed by atoms with E-state index in [4.69, 9.17) is 0 Å². The van der Waals surface area contributed by atoms with E-state index in [0.29, 0.717) is 0 Å². The van der Waals surface area contributed by atoms with E-state index in [-0.39, 0.29) is 17.5 Å². The third-order valence-electron chi connectivity index (χ3n) is 3.75. The van der Waals surface area contributed by atoms with Gasteiger partial charge in [0.05, 0.1) is 6.04 Å². The fraction of sp³-hybridized carbons (Fsp3) is 0.917. The van der Waals surface area contributed by atoms with Crippen LogP contribution in [-0.4, -0.2) is 48.6 Å². The van der Waals surface area contributed by atoms with Crippen LogP contribution in [-0.2, 0) is 4.79 Å². The average Bonchev–Trinajstić information content (AvgIpc) is 2.43. The molecular formula is C12H23N3O. The Kier molecular flexibility index (Phi) is 3.50. The number of carbonyl (C=O) groups excluding carboxylic acids is 1. The number of amides is 1. The fourth-order valence-corrected chi connectivity index (χ4v) is 2.80. The summed E-state index contributed by atoms with van der Waals surface area (Å²) in [6, 6.07) is 0.0830. The Bertz CT molecular complexity index is 265. The van der Waals surface area contributed by atoms with Crippen LogP contribution in [0.25, 0.3) is 0 Å². The maximum absolute atomic E-state index is 12.0. The van der Waals surface area contributed by atoms with Crippen LogP contribution in [0.5, 0.6) is 0 Å². The van der Waals surface area contributed by atoms with Crippen molar-refractivity contribution in [3.63, 3.8) is 0 Å². The van der Waals surface area contributed by atoms with Gasteiger partial charge in [0.2, 0.25) is 5.91 Å². The summed E-state index contributed by atoms with van der Waals surface area (Å²) in [7, 11) is 0. The number of nitrogens with zero attached hydrogens (tertiary/aromatic N) is 1. The van der Waals surface area contributed by atoms with Crippen molar-refractivity contribution in [1.29, 1.82) is 0 Å². The summed E-state index contributed by atoms with van der Waals surface area (Å²) in [6.07, 6.45) is 3.29. The van der Waals surface area contributed by atoms with Crippen molar-refractivity contribution in [3.8, 4) is 0 Å². The van der Waals surface area contributed by atoms with E-state index in [1.807, 2.05) is 0 Å². The Morgan fingerprint density at radius 3 is 2.88 bits per heavy atom. The van der Waals surface area contributed by atoms with Crippen molar-refractivity contribution in [3.05, 3.63) is 0 Å². The SMILES string of the molecule is CC1(C)CNCCN1C1CCCCNC1=O. The minimum absolute atomic E-state index is 0.0830. The summed E-state index contributed by atoms with van der Waals surface area (Å²) in [5.41, 5.74) is 0.0879. The molecule has 0 spiro atoms. The highest BCUT2D eigenvalue weighted by molar-refractivity contribution is 5.82. The molecule has 4 nitrogen and oxygen atoms in total. The van der Waals surface area contributed by atoms with Gasteiger partial charge in [-0.15, -0.1) is 0 Å². The summed E-state index contributed by atoms with van der Waals surface area (Å²) in [6.45, 7) is 8.23. The van der Waals surface area contributed by atoms with Gasteiger partial charge in [0.1, 0.15) is 0 Å². The van der Waals surface area contributed by atoms with Crippen LogP contribution >= 0.6 is 0 Å². The van der Waals surface area contributed by atoms with Gasteiger partial charge in [0.25, 0.3) is 0 Å². The number of carbonyl (C=O) groups is 1. The summed E-state index contributed by atoms with van der Waals surface area (Å²) < 4.78 is 0. The van der Waals surface area contributed by atoms with Gasteiger partial charge in [0, 0.05) is 31.7 Å². The molecule has 2 heterocycles. The van der Waals surface area contributed by atoms with E-state index in [9.17, 15) is 4.79 Å². The number of hydrogen-bond acceptors (Lipinski definition) is 3. The molecule has 2 saturated heterocycles. The van der Waals surface area contributed by atoms with Crippen molar-refractivity contribution in [2.24, 2.45) is 0 Å². The maximum atomic E-state index is 12.0. The summed E-state index contributed by atoms with van der Waals surface area (Å²) in [4.78, 5) is 14.4. The Morgan fingerprint density at radius 2 is 2.12 bits per heavy atom. The first-order chi connectivity index (χ1) is 7.61. The van der Waals surface area contributed by atoms with Gasteiger partial charge in [-0.2, -0.15) is 0 Å². The lowest BCUT2D eigenvalue weighted by Crippen LogP contribution is -2.63. The second-order valence-corrected chi connectivity index (χ2v) is 5.49. The van der Waals surface area contributed by atoms with Crippen LogP contribution in [0.1, 0.15) is 33.1 Å². The highest BCUT2D eigenvalue weighted by Gasteiger charge is 2.38. The molecule has 0 bridgehead atoms. The summed E-state index contributed by atoms with van der Waals surface area (Å²) >= 11 is 0. The highest BCUT2D eigenvalue weighted by atomic mass is 16.2. The Hall–Kier alpha value is -0.610. The molecule has 2 N–H and O–H groups in total. The van der Waals surface area contributed by atoms with Crippen molar-refractivity contribution >= 4 is 5.91 Å². The molecule has 4 heteroatoms. The van der Waals surface area contributed by atoms with Crippen LogP contribution in [0.4, 0.5) is 0 Å². The molecule has 0 aromatic rings. The first-order valence-corrected chi connectivity index (χ1v) is 6.36. The Balaban J connectivity index is 2.11. The lowest BCUT2D eigenvalue weighted by molar-refractivity contribution is -0.129. The minimum atomic E-state index is 0.0830. The number of piperazine rings is 1. The van der Waals surface area contributed by atoms with Crippen LogP contribution in [0.3, 0.4) is 0 Å². The zero-order chi connectivity index (χ0) is 11.6. The Labute approximate surface area is 97.8 Å². The average molecular weight is 225 g/mol. The highest BCUT2D eigenvalue weighted by Crippen LogP contribution is 2.23. The molecule has 1 unspecified atom stereocenters. The molecule has 1 amide bonds. The van der Waals surface area contributed by atoms with Crippen molar-refractivity contribution in [1.82, 2.24) is 15.5 Å². The molecule has 2 aliphatic heterocycles. The van der Waals surface area contributed by atoms with Gasteiger partial charge < -0.3 is 10.6 Å². The maximum Gasteiger partial charge on any atom is 0.237 e.